The molecule has 2 aromatic carbocycles. The lowest BCUT2D eigenvalue weighted by Gasteiger charge is -2.07. The van der Waals surface area contributed by atoms with Crippen molar-refractivity contribution >= 4 is 50.9 Å². The Morgan fingerprint density at radius 2 is 1.81 bits per heavy atom. The molecule has 2 amide bonds. The SMILES string of the molecule is O=C(NCCc1c[nH]c2ccc(Cl)cc12)C(=O)Nc1ccc2[nH]ccc2c1. The number of halogens is 1. The topological polar surface area (TPSA) is 89.8 Å². The molecule has 4 aromatic rings. The summed E-state index contributed by atoms with van der Waals surface area (Å²) in [6.07, 6.45) is 4.30. The second kappa shape index (κ2) is 7.17. The standard InChI is InChI=1S/C20H17ClN4O2/c21-14-1-3-18-16(10-14)13(11-24-18)6-8-23-19(26)20(27)25-15-2-4-17-12(9-15)5-7-22-17/h1-5,7,9-11,22,24H,6,8H2,(H,23,26)(H,25,27). The fourth-order valence-corrected chi connectivity index (χ4v) is 3.24. The molecule has 0 aliphatic carbocycles. The van der Waals surface area contributed by atoms with Crippen molar-refractivity contribution in [1.29, 1.82) is 0 Å². The van der Waals surface area contributed by atoms with Crippen LogP contribution in [0.3, 0.4) is 0 Å². The van der Waals surface area contributed by atoms with Crippen molar-refractivity contribution in [3.63, 3.8) is 0 Å². The molecule has 0 bridgehead atoms. The predicted octanol–water partition coefficient (Wildman–Crippen LogP) is 3.60. The molecule has 0 aliphatic rings. The van der Waals surface area contributed by atoms with E-state index in [1.165, 1.54) is 0 Å². The van der Waals surface area contributed by atoms with E-state index in [1.807, 2.05) is 48.8 Å². The molecule has 2 aromatic heterocycles. The van der Waals surface area contributed by atoms with Crippen LogP contribution in [-0.2, 0) is 16.0 Å². The molecule has 4 N–H and O–H groups in total. The highest BCUT2D eigenvalue weighted by molar-refractivity contribution is 6.39. The molecule has 0 radical (unpaired) electrons. The molecular weight excluding hydrogens is 364 g/mol. The number of carbonyl (C=O) groups excluding carboxylic acids is 2. The number of fused-ring (bicyclic) bond motifs is 2. The Bertz CT molecular complexity index is 1150. The van der Waals surface area contributed by atoms with Crippen molar-refractivity contribution in [3.8, 4) is 0 Å². The molecule has 7 heteroatoms. The Hall–Kier alpha value is -3.25. The summed E-state index contributed by atoms with van der Waals surface area (Å²) in [5, 5.41) is 7.90. The maximum Gasteiger partial charge on any atom is 0.313 e. The van der Waals surface area contributed by atoms with Crippen LogP contribution in [0.25, 0.3) is 21.8 Å². The van der Waals surface area contributed by atoms with Crippen molar-refractivity contribution in [3.05, 3.63) is 65.4 Å². The lowest BCUT2D eigenvalue weighted by atomic mass is 10.1. The van der Waals surface area contributed by atoms with Crippen LogP contribution in [-0.4, -0.2) is 28.3 Å². The van der Waals surface area contributed by atoms with Gasteiger partial charge in [-0.05, 0) is 54.4 Å². The maximum atomic E-state index is 12.1. The first-order valence-corrected chi connectivity index (χ1v) is 8.90. The number of nitrogens with one attached hydrogen (secondary N) is 4. The molecule has 0 spiro atoms. The number of H-pyrrole nitrogens is 2. The van der Waals surface area contributed by atoms with E-state index in [-0.39, 0.29) is 0 Å². The van der Waals surface area contributed by atoms with E-state index in [0.717, 1.165) is 27.4 Å². The molecule has 6 nitrogen and oxygen atoms in total. The molecule has 4 rings (SSSR count). The molecular formula is C20H17ClN4O2. The number of hydrogen-bond donors (Lipinski definition) is 4. The van der Waals surface area contributed by atoms with Crippen LogP contribution in [0.4, 0.5) is 5.69 Å². The Morgan fingerprint density at radius 3 is 2.70 bits per heavy atom. The number of anilines is 1. The second-order valence-corrected chi connectivity index (χ2v) is 6.68. The third kappa shape index (κ3) is 3.66. The Labute approximate surface area is 159 Å². The minimum absolute atomic E-state index is 0.350. The number of benzene rings is 2. The molecule has 0 saturated carbocycles. The smallest absolute Gasteiger partial charge is 0.313 e. The summed E-state index contributed by atoms with van der Waals surface area (Å²) >= 11 is 6.04. The van der Waals surface area contributed by atoms with Gasteiger partial charge in [-0.15, -0.1) is 0 Å². The number of hydrogen-bond acceptors (Lipinski definition) is 2. The molecule has 2 heterocycles. The van der Waals surface area contributed by atoms with Crippen molar-refractivity contribution in [2.75, 3.05) is 11.9 Å². The van der Waals surface area contributed by atoms with Gasteiger partial charge in [0.25, 0.3) is 0 Å². The quantitative estimate of drug-likeness (QED) is 0.407. The van der Waals surface area contributed by atoms with Crippen molar-refractivity contribution in [2.24, 2.45) is 0 Å². The second-order valence-electron chi connectivity index (χ2n) is 6.24. The molecule has 0 unspecified atom stereocenters. The summed E-state index contributed by atoms with van der Waals surface area (Å²) in [5.41, 5.74) is 3.56. The average Bonchev–Trinajstić information content (AvgIpc) is 3.28. The predicted molar refractivity (Wildman–Crippen MR) is 107 cm³/mol. The molecule has 136 valence electrons. The number of rotatable bonds is 4. The molecule has 0 aliphatic heterocycles. The Balaban J connectivity index is 1.34. The van der Waals surface area contributed by atoms with E-state index in [4.69, 9.17) is 11.6 Å². The first-order valence-electron chi connectivity index (χ1n) is 8.52. The highest BCUT2D eigenvalue weighted by Crippen LogP contribution is 2.22. The summed E-state index contributed by atoms with van der Waals surface area (Å²) < 4.78 is 0. The van der Waals surface area contributed by atoms with Crippen LogP contribution in [0.2, 0.25) is 5.02 Å². The fourth-order valence-electron chi connectivity index (χ4n) is 3.07. The zero-order valence-electron chi connectivity index (χ0n) is 14.3. The lowest BCUT2D eigenvalue weighted by Crippen LogP contribution is -2.36. The first-order chi connectivity index (χ1) is 13.1. The molecule has 0 fully saturated rings. The Morgan fingerprint density at radius 1 is 0.963 bits per heavy atom. The van der Waals surface area contributed by atoms with Crippen LogP contribution in [0, 0.1) is 0 Å². The number of carbonyl (C=O) groups is 2. The van der Waals surface area contributed by atoms with Gasteiger partial charge in [-0.3, -0.25) is 9.59 Å². The van der Waals surface area contributed by atoms with Crippen molar-refractivity contribution < 1.29 is 9.59 Å². The summed E-state index contributed by atoms with van der Waals surface area (Å²) in [6.45, 7) is 0.350. The Kier molecular flexibility index (Phi) is 4.56. The highest BCUT2D eigenvalue weighted by atomic mass is 35.5. The monoisotopic (exact) mass is 380 g/mol. The molecule has 0 saturated heterocycles. The third-order valence-corrected chi connectivity index (χ3v) is 4.66. The molecule has 27 heavy (non-hydrogen) atoms. The molecule has 0 atom stereocenters. The van der Waals surface area contributed by atoms with Gasteiger partial charge in [0.05, 0.1) is 0 Å². The van der Waals surface area contributed by atoms with Crippen LogP contribution >= 0.6 is 11.6 Å². The van der Waals surface area contributed by atoms with E-state index in [0.29, 0.717) is 23.7 Å². The van der Waals surface area contributed by atoms with Gasteiger partial charge in [-0.25, -0.2) is 0 Å². The first kappa shape index (κ1) is 17.2. The van der Waals surface area contributed by atoms with Crippen molar-refractivity contribution in [2.45, 2.75) is 6.42 Å². The van der Waals surface area contributed by atoms with Crippen LogP contribution in [0.15, 0.2) is 54.9 Å². The van der Waals surface area contributed by atoms with Gasteiger partial charge >= 0.3 is 11.8 Å². The van der Waals surface area contributed by atoms with E-state index >= 15 is 0 Å². The number of aromatic nitrogens is 2. The van der Waals surface area contributed by atoms with E-state index in [1.54, 1.807) is 6.07 Å². The van der Waals surface area contributed by atoms with Gasteiger partial charge in [0, 0.05) is 51.5 Å². The van der Waals surface area contributed by atoms with Crippen LogP contribution < -0.4 is 10.6 Å². The normalized spacial score (nSPS) is 11.0. The number of amides is 2. The van der Waals surface area contributed by atoms with Gasteiger partial charge in [0.1, 0.15) is 0 Å². The van der Waals surface area contributed by atoms with Crippen molar-refractivity contribution in [1.82, 2.24) is 15.3 Å². The zero-order chi connectivity index (χ0) is 18.8. The van der Waals surface area contributed by atoms with Crippen LogP contribution in [0.5, 0.6) is 0 Å². The van der Waals surface area contributed by atoms with E-state index in [9.17, 15) is 9.59 Å². The summed E-state index contributed by atoms with van der Waals surface area (Å²) in [5.74, 6) is -1.35. The van der Waals surface area contributed by atoms with E-state index < -0.39 is 11.8 Å². The van der Waals surface area contributed by atoms with Gasteiger partial charge in [0.15, 0.2) is 0 Å². The summed E-state index contributed by atoms with van der Waals surface area (Å²) in [7, 11) is 0. The fraction of sp³-hybridized carbons (Fsp3) is 0.100. The van der Waals surface area contributed by atoms with E-state index in [2.05, 4.69) is 20.6 Å². The summed E-state index contributed by atoms with van der Waals surface area (Å²) in [6, 6.07) is 12.9. The lowest BCUT2D eigenvalue weighted by molar-refractivity contribution is -0.136. The maximum absolute atomic E-state index is 12.1. The van der Waals surface area contributed by atoms with Gasteiger partial charge in [0.2, 0.25) is 0 Å². The summed E-state index contributed by atoms with van der Waals surface area (Å²) in [4.78, 5) is 30.4. The minimum atomic E-state index is -0.688. The third-order valence-electron chi connectivity index (χ3n) is 4.43. The zero-order valence-corrected chi connectivity index (χ0v) is 15.1. The van der Waals surface area contributed by atoms with Crippen LogP contribution in [0.1, 0.15) is 5.56 Å². The van der Waals surface area contributed by atoms with Gasteiger partial charge in [-0.2, -0.15) is 0 Å². The van der Waals surface area contributed by atoms with Gasteiger partial charge in [-0.1, -0.05) is 11.6 Å². The highest BCUT2D eigenvalue weighted by Gasteiger charge is 2.14. The van der Waals surface area contributed by atoms with Gasteiger partial charge < -0.3 is 20.6 Å². The largest absolute Gasteiger partial charge is 0.361 e. The average molecular weight is 381 g/mol. The minimum Gasteiger partial charge on any atom is -0.361 e. The number of aromatic amines is 2.